The summed E-state index contributed by atoms with van der Waals surface area (Å²) >= 11 is 0. The van der Waals surface area contributed by atoms with Crippen LogP contribution in [0.3, 0.4) is 0 Å². The van der Waals surface area contributed by atoms with E-state index in [4.69, 9.17) is 8.23 Å². The van der Waals surface area contributed by atoms with Crippen molar-refractivity contribution in [3.8, 4) is 0 Å². The molecule has 0 aliphatic heterocycles. The monoisotopic (exact) mass is 416 g/mol. The Morgan fingerprint density at radius 2 is 0.867 bits per heavy atom. The minimum Gasteiger partial charge on any atom is -0.435 e. The van der Waals surface area contributed by atoms with Crippen LogP contribution in [0.25, 0.3) is 0 Å². The van der Waals surface area contributed by atoms with Gasteiger partial charge in [0, 0.05) is 65.4 Å². The van der Waals surface area contributed by atoms with Crippen molar-refractivity contribution < 1.29 is 73.6 Å². The van der Waals surface area contributed by atoms with Gasteiger partial charge in [-0.2, -0.15) is 0 Å². The quantitative estimate of drug-likeness (QED) is 0.654. The van der Waals surface area contributed by atoms with Crippen LogP contribution < -0.4 is 0 Å². The standard InChI is InChI=1S/C6H18O2Si3.2CH4.2Y/c1-10(2,3)7-9-8-11(4,5)6;;;;/h1-6H3;2*1H4;;. The molecular weight excluding hydrogens is 390 g/mol. The van der Waals surface area contributed by atoms with Gasteiger partial charge in [-0.05, 0) is 39.3 Å². The number of rotatable bonds is 4. The zero-order chi connectivity index (χ0) is 9.12. The Labute approximate surface area is 152 Å². The Morgan fingerprint density at radius 3 is 1.00 bits per heavy atom. The van der Waals surface area contributed by atoms with E-state index < -0.39 is 16.6 Å². The molecule has 88 valence electrons. The van der Waals surface area contributed by atoms with Gasteiger partial charge >= 0.3 is 10.0 Å². The minimum absolute atomic E-state index is 0. The van der Waals surface area contributed by atoms with Gasteiger partial charge < -0.3 is 8.23 Å². The van der Waals surface area contributed by atoms with Gasteiger partial charge in [0.15, 0.2) is 16.6 Å². The predicted molar refractivity (Wildman–Crippen MR) is 68.1 cm³/mol. The summed E-state index contributed by atoms with van der Waals surface area (Å²) in [4.78, 5) is 0. The third-order valence-corrected chi connectivity index (χ3v) is 6.26. The summed E-state index contributed by atoms with van der Waals surface area (Å²) in [6.07, 6.45) is 0. The van der Waals surface area contributed by atoms with E-state index >= 15 is 0 Å². The van der Waals surface area contributed by atoms with Crippen molar-refractivity contribution in [3.63, 3.8) is 0 Å². The van der Waals surface area contributed by atoms with Crippen molar-refractivity contribution in [2.24, 2.45) is 0 Å². The van der Waals surface area contributed by atoms with Crippen molar-refractivity contribution in [2.75, 3.05) is 0 Å². The van der Waals surface area contributed by atoms with Crippen LogP contribution in [0, 0.1) is 0 Å². The first kappa shape index (κ1) is 30.7. The molecule has 0 N–H and O–H groups in total. The maximum Gasteiger partial charge on any atom is 0.410 e. The Balaban J connectivity index is -0.0000000833. The molecule has 0 unspecified atom stereocenters. The van der Waals surface area contributed by atoms with Crippen LogP contribution in [0.15, 0.2) is 0 Å². The van der Waals surface area contributed by atoms with E-state index in [1.54, 1.807) is 0 Å². The van der Waals surface area contributed by atoms with Crippen LogP contribution in [0.5, 0.6) is 0 Å². The zero-order valence-corrected chi connectivity index (χ0v) is 18.1. The first-order valence-electron chi connectivity index (χ1n) is 3.82. The minimum atomic E-state index is -1.35. The SMILES string of the molecule is C.C.C[Si](C)(C)O[Si]O[Si](C)(C)C.[Y].[Y]. The molecule has 0 amide bonds. The molecule has 7 heteroatoms. The van der Waals surface area contributed by atoms with Crippen LogP contribution in [0.4, 0.5) is 0 Å². The number of hydrogen-bond donors (Lipinski definition) is 0. The normalized spacial score (nSPS) is 10.0. The molecule has 0 saturated heterocycles. The van der Waals surface area contributed by atoms with E-state index in [1.165, 1.54) is 0 Å². The zero-order valence-electron chi connectivity index (χ0n) is 9.47. The molecule has 0 aromatic carbocycles. The molecular formula is C8H26O2Si3Y2. The van der Waals surface area contributed by atoms with Gasteiger partial charge in [0.05, 0.1) is 0 Å². The summed E-state index contributed by atoms with van der Waals surface area (Å²) in [6.45, 7) is 13.0. The Morgan fingerprint density at radius 1 is 0.667 bits per heavy atom. The van der Waals surface area contributed by atoms with E-state index in [1.807, 2.05) is 0 Å². The van der Waals surface area contributed by atoms with Gasteiger partial charge in [0.2, 0.25) is 0 Å². The Bertz CT molecular complexity index is 110. The van der Waals surface area contributed by atoms with E-state index in [2.05, 4.69) is 39.3 Å². The molecule has 0 saturated carbocycles. The second kappa shape index (κ2) is 13.2. The molecule has 0 aromatic heterocycles. The van der Waals surface area contributed by atoms with Gasteiger partial charge in [-0.15, -0.1) is 0 Å². The fraction of sp³-hybridized carbons (Fsp3) is 1.00. The van der Waals surface area contributed by atoms with E-state index in [-0.39, 0.29) is 90.3 Å². The van der Waals surface area contributed by atoms with Crippen molar-refractivity contribution in [3.05, 3.63) is 0 Å². The molecule has 15 heavy (non-hydrogen) atoms. The van der Waals surface area contributed by atoms with Gasteiger partial charge in [0.25, 0.3) is 0 Å². The van der Waals surface area contributed by atoms with Crippen LogP contribution >= 0.6 is 0 Å². The molecule has 0 rings (SSSR count). The summed E-state index contributed by atoms with van der Waals surface area (Å²) in [5.74, 6) is 0. The van der Waals surface area contributed by atoms with E-state index in [0.29, 0.717) is 0 Å². The molecule has 0 bridgehead atoms. The molecule has 0 fully saturated rings. The van der Waals surface area contributed by atoms with E-state index in [9.17, 15) is 0 Å². The topological polar surface area (TPSA) is 18.5 Å². The van der Waals surface area contributed by atoms with E-state index in [0.717, 1.165) is 0 Å². The number of hydrogen-bond acceptors (Lipinski definition) is 2. The van der Waals surface area contributed by atoms with Crippen LogP contribution in [0.2, 0.25) is 39.3 Å². The van der Waals surface area contributed by atoms with Crippen LogP contribution in [-0.4, -0.2) is 26.6 Å². The Hall–Kier alpha value is 2.78. The summed E-state index contributed by atoms with van der Waals surface area (Å²) in [5.41, 5.74) is 0. The van der Waals surface area contributed by atoms with Crippen LogP contribution in [0.1, 0.15) is 14.9 Å². The summed E-state index contributed by atoms with van der Waals surface area (Å²) < 4.78 is 11.2. The smallest absolute Gasteiger partial charge is 0.410 e. The van der Waals surface area contributed by atoms with Crippen LogP contribution in [-0.2, 0) is 73.6 Å². The average molecular weight is 416 g/mol. The second-order valence-electron chi connectivity index (χ2n) is 4.51. The van der Waals surface area contributed by atoms with Gasteiger partial charge in [-0.25, -0.2) is 0 Å². The maximum atomic E-state index is 5.58. The maximum absolute atomic E-state index is 5.58. The van der Waals surface area contributed by atoms with Crippen molar-refractivity contribution in [1.82, 2.24) is 0 Å². The molecule has 2 nitrogen and oxygen atoms in total. The van der Waals surface area contributed by atoms with Gasteiger partial charge in [-0.1, -0.05) is 14.9 Å². The summed E-state index contributed by atoms with van der Waals surface area (Å²) in [7, 11) is -2.44. The molecule has 0 atom stereocenters. The first-order chi connectivity index (χ1) is 4.71. The molecule has 0 aromatic rings. The predicted octanol–water partition coefficient (Wildman–Crippen LogP) is 3.49. The summed E-state index contributed by atoms with van der Waals surface area (Å²) in [6, 6.07) is 0. The second-order valence-corrected chi connectivity index (χ2v) is 14.8. The first-order valence-corrected chi connectivity index (χ1v) is 11.4. The van der Waals surface area contributed by atoms with Gasteiger partial charge in [0.1, 0.15) is 0 Å². The average Bonchev–Trinajstić information content (AvgIpc) is 1.55. The van der Waals surface area contributed by atoms with Crippen molar-refractivity contribution in [1.29, 1.82) is 0 Å². The molecule has 0 heterocycles. The van der Waals surface area contributed by atoms with Gasteiger partial charge in [-0.3, -0.25) is 0 Å². The summed E-state index contributed by atoms with van der Waals surface area (Å²) in [5, 5.41) is 0. The molecule has 0 spiro atoms. The molecule has 0 aliphatic rings. The third kappa shape index (κ3) is 31.5. The third-order valence-electron chi connectivity index (χ3n) is 0.696. The van der Waals surface area contributed by atoms with Crippen molar-refractivity contribution in [2.45, 2.75) is 54.1 Å². The fourth-order valence-corrected chi connectivity index (χ4v) is 2.81. The fourth-order valence-electron chi connectivity index (χ4n) is 0.271. The van der Waals surface area contributed by atoms with Crippen molar-refractivity contribution >= 4 is 26.6 Å². The largest absolute Gasteiger partial charge is 0.435 e. The molecule has 4 radical (unpaired) electrons. The Kier molecular flexibility index (Phi) is 27.0. The molecule has 0 aliphatic carbocycles.